The molecule has 0 bridgehead atoms. The molecule has 0 atom stereocenters. The molecule has 2 aromatic heterocycles. The maximum absolute atomic E-state index is 6.83. The van der Waals surface area contributed by atoms with E-state index < -0.39 is 0 Å². The van der Waals surface area contributed by atoms with Crippen molar-refractivity contribution in [3.8, 4) is 61.7 Å². The lowest BCUT2D eigenvalue weighted by Crippen LogP contribution is -1.96. The molecule has 57 heavy (non-hydrogen) atoms. The normalized spacial score (nSPS) is 13.3. The average Bonchev–Trinajstić information content (AvgIpc) is 3.74. The summed E-state index contributed by atoms with van der Waals surface area (Å²) in [5.41, 5.74) is 16.5. The molecule has 0 saturated carbocycles. The largest absolute Gasteiger partial charge is 0.456 e. The minimum Gasteiger partial charge on any atom is -0.456 e. The topological polar surface area (TPSA) is 19.1 Å². The summed E-state index contributed by atoms with van der Waals surface area (Å²) in [6, 6.07) is 63.9. The van der Waals surface area contributed by atoms with Crippen molar-refractivity contribution < 1.29 is 4.74 Å². The first-order chi connectivity index (χ1) is 28.3. The van der Waals surface area contributed by atoms with E-state index >= 15 is 0 Å². The molecule has 0 unspecified atom stereocenters. The Bertz CT molecular complexity index is 3320. The van der Waals surface area contributed by atoms with Gasteiger partial charge in [0.25, 0.3) is 0 Å². The number of allylic oxidation sites excluding steroid dienone is 4. The van der Waals surface area contributed by atoms with Crippen LogP contribution in [0.4, 0.5) is 0 Å². The minimum atomic E-state index is 0.861. The molecule has 3 heteroatoms. The van der Waals surface area contributed by atoms with Crippen LogP contribution in [0.15, 0.2) is 194 Å². The zero-order valence-corrected chi connectivity index (χ0v) is 31.2. The number of hydrogen-bond acceptors (Lipinski definition) is 1. The summed E-state index contributed by atoms with van der Waals surface area (Å²) in [6.45, 7) is 0. The Labute approximate surface area is 330 Å². The van der Waals surface area contributed by atoms with E-state index in [-0.39, 0.29) is 0 Å². The van der Waals surface area contributed by atoms with E-state index in [1.165, 1.54) is 71.6 Å². The number of hydrogen-bond donors (Lipinski definition) is 0. The predicted molar refractivity (Wildman–Crippen MR) is 238 cm³/mol. The molecule has 1 aliphatic carbocycles. The van der Waals surface area contributed by atoms with E-state index in [9.17, 15) is 0 Å². The van der Waals surface area contributed by atoms with Crippen molar-refractivity contribution in [3.63, 3.8) is 0 Å². The van der Waals surface area contributed by atoms with Gasteiger partial charge < -0.3 is 13.9 Å². The van der Waals surface area contributed by atoms with Crippen LogP contribution in [0, 0.1) is 0 Å². The van der Waals surface area contributed by atoms with Gasteiger partial charge in [-0.25, -0.2) is 0 Å². The first kappa shape index (κ1) is 31.9. The van der Waals surface area contributed by atoms with Gasteiger partial charge in [-0.3, -0.25) is 0 Å². The molecule has 3 nitrogen and oxygen atoms in total. The van der Waals surface area contributed by atoms with Crippen LogP contribution in [-0.4, -0.2) is 9.13 Å². The summed E-state index contributed by atoms with van der Waals surface area (Å²) in [7, 11) is 0. The molecular formula is C54H36N2O. The Kier molecular flexibility index (Phi) is 7.05. The number of nitrogens with zero attached hydrogens (tertiary/aromatic N) is 2. The summed E-state index contributed by atoms with van der Waals surface area (Å²) in [4.78, 5) is 0. The average molecular weight is 729 g/mol. The quantitative estimate of drug-likeness (QED) is 0.177. The Morgan fingerprint density at radius 2 is 0.860 bits per heavy atom. The van der Waals surface area contributed by atoms with Gasteiger partial charge >= 0.3 is 0 Å². The van der Waals surface area contributed by atoms with Crippen molar-refractivity contribution in [2.24, 2.45) is 0 Å². The lowest BCUT2D eigenvalue weighted by Gasteiger charge is -2.13. The summed E-state index contributed by atoms with van der Waals surface area (Å²) < 4.78 is 11.6. The van der Waals surface area contributed by atoms with Crippen LogP contribution in [0.25, 0.3) is 99.5 Å². The third-order valence-corrected chi connectivity index (χ3v) is 11.9. The third kappa shape index (κ3) is 4.99. The summed E-state index contributed by atoms with van der Waals surface area (Å²) in [5, 5.41) is 5.02. The maximum Gasteiger partial charge on any atom is 0.135 e. The van der Waals surface area contributed by atoms with Crippen molar-refractivity contribution in [3.05, 3.63) is 194 Å². The van der Waals surface area contributed by atoms with Gasteiger partial charge in [0, 0.05) is 44.1 Å². The number of benzene rings is 8. The number of fused-ring (bicyclic) bond motifs is 11. The molecule has 3 heterocycles. The molecule has 2 aliphatic rings. The van der Waals surface area contributed by atoms with Crippen LogP contribution in [0.1, 0.15) is 12.8 Å². The SMILES string of the molecule is C1=CC(n2c3ccccc3c3cc(-c4ccc5c(c4)-c4ccccc4-c4cc(-c6ccc7c(c6)c6ccccc6n7-c6ccccc6)ccc4O5)ccc32)=CCC1. The Hall–Kier alpha value is -7.36. The molecule has 10 aromatic rings. The van der Waals surface area contributed by atoms with Gasteiger partial charge in [0.2, 0.25) is 0 Å². The number of rotatable bonds is 4. The molecule has 12 rings (SSSR count). The molecule has 1 aliphatic heterocycles. The van der Waals surface area contributed by atoms with Gasteiger partial charge in [0.15, 0.2) is 0 Å². The molecule has 0 fully saturated rings. The monoisotopic (exact) mass is 728 g/mol. The molecule has 268 valence electrons. The van der Waals surface area contributed by atoms with Gasteiger partial charge in [-0.05, 0) is 125 Å². The van der Waals surface area contributed by atoms with Crippen molar-refractivity contribution >= 4 is 49.3 Å². The molecule has 8 aromatic carbocycles. The second kappa shape index (κ2) is 12.6. The fourth-order valence-corrected chi connectivity index (χ4v) is 9.29. The van der Waals surface area contributed by atoms with Crippen LogP contribution in [0.2, 0.25) is 0 Å². The highest BCUT2D eigenvalue weighted by atomic mass is 16.5. The Morgan fingerprint density at radius 3 is 1.46 bits per heavy atom. The standard InChI is InChI=1S/C54H36N2O/c1-3-13-39(14-4-1)55-49-21-11-9-19-43(49)45-31-35(23-27-51(45)55)37-25-29-53-47(33-37)41-17-7-8-18-42(41)48-34-38(26-30-54(48)57-53)36-24-28-52-46(32-36)44-20-10-12-22-50(44)56(52)40-15-5-2-6-16-40/h1,3-5,7-34H,2,6H2. The van der Waals surface area contributed by atoms with Crippen molar-refractivity contribution in [1.82, 2.24) is 9.13 Å². The number of ether oxygens (including phenoxy) is 1. The van der Waals surface area contributed by atoms with Crippen LogP contribution in [-0.2, 0) is 0 Å². The number of para-hydroxylation sites is 3. The third-order valence-electron chi connectivity index (χ3n) is 11.9. The van der Waals surface area contributed by atoms with Gasteiger partial charge in [-0.15, -0.1) is 0 Å². The van der Waals surface area contributed by atoms with Gasteiger partial charge in [0.1, 0.15) is 11.5 Å². The summed E-state index contributed by atoms with van der Waals surface area (Å²) in [5.74, 6) is 1.72. The lowest BCUT2D eigenvalue weighted by molar-refractivity contribution is 0.488. The Morgan fingerprint density at radius 1 is 0.368 bits per heavy atom. The smallest absolute Gasteiger partial charge is 0.135 e. The van der Waals surface area contributed by atoms with E-state index in [1.807, 2.05) is 0 Å². The van der Waals surface area contributed by atoms with Gasteiger partial charge in [-0.2, -0.15) is 0 Å². The maximum atomic E-state index is 6.83. The van der Waals surface area contributed by atoms with Crippen LogP contribution in [0.3, 0.4) is 0 Å². The fraction of sp³-hybridized carbons (Fsp3) is 0.0370. The van der Waals surface area contributed by atoms with Gasteiger partial charge in [-0.1, -0.05) is 115 Å². The van der Waals surface area contributed by atoms with E-state index in [0.717, 1.165) is 52.3 Å². The molecule has 0 spiro atoms. The first-order valence-electron chi connectivity index (χ1n) is 19.8. The van der Waals surface area contributed by atoms with E-state index in [2.05, 4.69) is 203 Å². The molecule has 0 amide bonds. The van der Waals surface area contributed by atoms with Crippen molar-refractivity contribution in [2.75, 3.05) is 0 Å². The van der Waals surface area contributed by atoms with E-state index in [0.29, 0.717) is 0 Å². The highest BCUT2D eigenvalue weighted by molar-refractivity contribution is 6.12. The molecule has 0 N–H and O–H groups in total. The zero-order valence-electron chi connectivity index (χ0n) is 31.2. The molecule has 0 radical (unpaired) electrons. The van der Waals surface area contributed by atoms with Crippen LogP contribution in [0.5, 0.6) is 11.5 Å². The lowest BCUT2D eigenvalue weighted by atomic mass is 9.91. The molecule has 0 saturated heterocycles. The van der Waals surface area contributed by atoms with Crippen LogP contribution >= 0.6 is 0 Å². The molecular weight excluding hydrogens is 693 g/mol. The fourth-order valence-electron chi connectivity index (χ4n) is 9.29. The second-order valence-corrected chi connectivity index (χ2v) is 15.2. The zero-order chi connectivity index (χ0) is 37.5. The highest BCUT2D eigenvalue weighted by Gasteiger charge is 2.23. The Balaban J connectivity index is 0.963. The summed E-state index contributed by atoms with van der Waals surface area (Å²) in [6.07, 6.45) is 9.07. The predicted octanol–water partition coefficient (Wildman–Crippen LogP) is 14.9. The second-order valence-electron chi connectivity index (χ2n) is 15.2. The minimum absolute atomic E-state index is 0.861. The number of aromatic nitrogens is 2. The van der Waals surface area contributed by atoms with Gasteiger partial charge in [0.05, 0.1) is 22.1 Å². The van der Waals surface area contributed by atoms with E-state index in [4.69, 9.17) is 4.74 Å². The van der Waals surface area contributed by atoms with Crippen molar-refractivity contribution in [2.45, 2.75) is 12.8 Å². The van der Waals surface area contributed by atoms with E-state index in [1.54, 1.807) is 0 Å². The van der Waals surface area contributed by atoms with Crippen LogP contribution < -0.4 is 4.74 Å². The highest BCUT2D eigenvalue weighted by Crippen LogP contribution is 2.49. The van der Waals surface area contributed by atoms with Crippen molar-refractivity contribution in [1.29, 1.82) is 0 Å². The first-order valence-corrected chi connectivity index (χ1v) is 19.8. The summed E-state index contributed by atoms with van der Waals surface area (Å²) >= 11 is 0.